The molecule has 0 saturated heterocycles. The SMILES string of the molecule is COP(=O)(OC)OC1CCC2(C)C(=CCC3C2CCC2(C)C(CCCCC(C)C)CCC32)C1. The van der Waals surface area contributed by atoms with E-state index in [2.05, 4.69) is 33.8 Å². The molecule has 0 bridgehead atoms. The van der Waals surface area contributed by atoms with E-state index in [1.165, 1.54) is 72.0 Å². The fourth-order valence-corrected chi connectivity index (χ4v) is 9.45. The average Bonchev–Trinajstić information content (AvgIpc) is 3.13. The van der Waals surface area contributed by atoms with Crippen molar-refractivity contribution in [1.29, 1.82) is 0 Å². The maximum absolute atomic E-state index is 12.5. The first kappa shape index (κ1) is 25.9. The maximum Gasteiger partial charge on any atom is 0.474 e. The molecule has 0 aromatic carbocycles. The third kappa shape index (κ3) is 4.93. The highest BCUT2D eigenvalue weighted by atomic mass is 31.2. The Morgan fingerprint density at radius 3 is 2.48 bits per heavy atom. The molecule has 7 unspecified atom stereocenters. The lowest BCUT2D eigenvalue weighted by Gasteiger charge is -2.58. The van der Waals surface area contributed by atoms with Gasteiger partial charge in [-0.05, 0) is 98.2 Å². The summed E-state index contributed by atoms with van der Waals surface area (Å²) in [6.07, 6.45) is 18.0. The lowest BCUT2D eigenvalue weighted by atomic mass is 9.47. The van der Waals surface area contributed by atoms with E-state index in [9.17, 15) is 4.57 Å². The van der Waals surface area contributed by atoms with E-state index in [0.717, 1.165) is 48.9 Å². The number of phosphoric ester groups is 1. The summed E-state index contributed by atoms with van der Waals surface area (Å²) < 4.78 is 28.4. The minimum atomic E-state index is -3.42. The summed E-state index contributed by atoms with van der Waals surface area (Å²) in [5.74, 6) is 4.33. The quantitative estimate of drug-likeness (QED) is 0.188. The summed E-state index contributed by atoms with van der Waals surface area (Å²) in [5, 5.41) is 0. The fraction of sp³-hybridized carbons (Fsp3) is 0.929. The second kappa shape index (κ2) is 10.1. The lowest BCUT2D eigenvalue weighted by Crippen LogP contribution is -2.50. The Bertz CT molecular complexity index is 755. The van der Waals surface area contributed by atoms with Crippen LogP contribution < -0.4 is 0 Å². The third-order valence-electron chi connectivity index (χ3n) is 10.6. The van der Waals surface area contributed by atoms with E-state index in [-0.39, 0.29) is 11.5 Å². The van der Waals surface area contributed by atoms with Crippen LogP contribution in [0.15, 0.2) is 11.6 Å². The van der Waals surface area contributed by atoms with Crippen LogP contribution in [0.1, 0.15) is 105 Å². The molecule has 4 aliphatic rings. The highest BCUT2D eigenvalue weighted by molar-refractivity contribution is 7.48. The molecule has 0 aromatic rings. The normalized spacial score (nSPS) is 40.8. The van der Waals surface area contributed by atoms with Crippen LogP contribution in [0.25, 0.3) is 0 Å². The molecule has 4 nitrogen and oxygen atoms in total. The van der Waals surface area contributed by atoms with E-state index in [1.54, 1.807) is 5.57 Å². The lowest BCUT2D eigenvalue weighted by molar-refractivity contribution is -0.0510. The average molecular weight is 481 g/mol. The van der Waals surface area contributed by atoms with Crippen molar-refractivity contribution < 1.29 is 18.1 Å². The van der Waals surface area contributed by atoms with Crippen molar-refractivity contribution in [3.05, 3.63) is 11.6 Å². The van der Waals surface area contributed by atoms with Crippen LogP contribution in [0.5, 0.6) is 0 Å². The van der Waals surface area contributed by atoms with Crippen LogP contribution >= 0.6 is 7.82 Å². The Morgan fingerprint density at radius 2 is 1.79 bits per heavy atom. The zero-order valence-corrected chi connectivity index (χ0v) is 23.0. The zero-order chi connectivity index (χ0) is 23.9. The number of allylic oxidation sites excluding steroid dienone is 1. The molecule has 190 valence electrons. The molecule has 0 spiro atoms. The molecule has 0 N–H and O–H groups in total. The predicted octanol–water partition coefficient (Wildman–Crippen LogP) is 8.57. The van der Waals surface area contributed by atoms with Crippen molar-refractivity contribution in [3.8, 4) is 0 Å². The number of hydrogen-bond acceptors (Lipinski definition) is 4. The van der Waals surface area contributed by atoms with Crippen LogP contribution in [0.3, 0.4) is 0 Å². The smallest absolute Gasteiger partial charge is 0.290 e. The van der Waals surface area contributed by atoms with Crippen molar-refractivity contribution in [3.63, 3.8) is 0 Å². The van der Waals surface area contributed by atoms with Gasteiger partial charge >= 0.3 is 7.82 Å². The van der Waals surface area contributed by atoms with Gasteiger partial charge in [-0.15, -0.1) is 0 Å². The van der Waals surface area contributed by atoms with Crippen molar-refractivity contribution >= 4 is 7.82 Å². The molecule has 0 aliphatic heterocycles. The summed E-state index contributed by atoms with van der Waals surface area (Å²) in [4.78, 5) is 0. The summed E-state index contributed by atoms with van der Waals surface area (Å²) >= 11 is 0. The molecule has 0 radical (unpaired) electrons. The Balaban J connectivity index is 1.43. The molecule has 3 fully saturated rings. The molecule has 0 aromatic heterocycles. The van der Waals surface area contributed by atoms with Gasteiger partial charge < -0.3 is 0 Å². The first-order valence-electron chi connectivity index (χ1n) is 13.7. The van der Waals surface area contributed by atoms with E-state index >= 15 is 0 Å². The van der Waals surface area contributed by atoms with E-state index < -0.39 is 7.82 Å². The predicted molar refractivity (Wildman–Crippen MR) is 135 cm³/mol. The van der Waals surface area contributed by atoms with Crippen LogP contribution in [-0.2, 0) is 18.1 Å². The van der Waals surface area contributed by atoms with Gasteiger partial charge in [0.25, 0.3) is 0 Å². The second-order valence-electron chi connectivity index (χ2n) is 12.5. The van der Waals surface area contributed by atoms with Gasteiger partial charge in [-0.25, -0.2) is 4.57 Å². The molecular formula is C28H49O4P. The number of fused-ring (bicyclic) bond motifs is 5. The standard InChI is InChI=1S/C28H49O4P/c1-20(2)9-7-8-10-21-12-14-25-24-13-11-22-19-23(32-33(29,30-5)31-6)15-17-28(22,4)26(24)16-18-27(21,25)3/h11,20-21,23-26H,7-10,12-19H2,1-6H3. The highest BCUT2D eigenvalue weighted by Crippen LogP contribution is 2.67. The summed E-state index contributed by atoms with van der Waals surface area (Å²) in [7, 11) is -0.618. The van der Waals surface area contributed by atoms with Crippen LogP contribution in [-0.4, -0.2) is 20.3 Å². The molecule has 33 heavy (non-hydrogen) atoms. The first-order chi connectivity index (χ1) is 15.6. The Labute approximate surface area is 203 Å². The van der Waals surface area contributed by atoms with Gasteiger partial charge in [-0.3, -0.25) is 13.6 Å². The fourth-order valence-electron chi connectivity index (χ4n) is 8.59. The number of unbranched alkanes of at least 4 members (excludes halogenated alkanes) is 1. The maximum atomic E-state index is 12.5. The van der Waals surface area contributed by atoms with Crippen molar-refractivity contribution in [2.75, 3.05) is 14.2 Å². The Hall–Kier alpha value is -0.150. The summed E-state index contributed by atoms with van der Waals surface area (Å²) in [6, 6.07) is 0. The van der Waals surface area contributed by atoms with Gasteiger partial charge in [0.15, 0.2) is 0 Å². The van der Waals surface area contributed by atoms with Crippen molar-refractivity contribution in [2.24, 2.45) is 40.4 Å². The van der Waals surface area contributed by atoms with Gasteiger partial charge in [-0.2, -0.15) is 0 Å². The molecule has 4 aliphatic carbocycles. The molecular weight excluding hydrogens is 431 g/mol. The van der Waals surface area contributed by atoms with Gasteiger partial charge in [0, 0.05) is 14.2 Å². The van der Waals surface area contributed by atoms with Crippen LogP contribution in [0.4, 0.5) is 0 Å². The monoisotopic (exact) mass is 480 g/mol. The number of rotatable bonds is 9. The minimum absolute atomic E-state index is 0.0674. The van der Waals surface area contributed by atoms with Crippen molar-refractivity contribution in [2.45, 2.75) is 111 Å². The Kier molecular flexibility index (Phi) is 7.92. The molecule has 4 rings (SSSR count). The second-order valence-corrected chi connectivity index (χ2v) is 14.4. The van der Waals surface area contributed by atoms with Gasteiger partial charge in [0.2, 0.25) is 0 Å². The Morgan fingerprint density at radius 1 is 1.03 bits per heavy atom. The summed E-state index contributed by atoms with van der Waals surface area (Å²) in [6.45, 7) is 9.90. The number of hydrogen-bond donors (Lipinski definition) is 0. The van der Waals surface area contributed by atoms with E-state index in [4.69, 9.17) is 13.6 Å². The molecule has 0 amide bonds. The van der Waals surface area contributed by atoms with Gasteiger partial charge in [0.05, 0.1) is 6.10 Å². The van der Waals surface area contributed by atoms with Crippen LogP contribution in [0, 0.1) is 40.4 Å². The van der Waals surface area contributed by atoms with E-state index in [0.29, 0.717) is 5.41 Å². The van der Waals surface area contributed by atoms with Crippen LogP contribution in [0.2, 0.25) is 0 Å². The molecule has 5 heteroatoms. The number of phosphoric acid groups is 1. The third-order valence-corrected chi connectivity index (χ3v) is 12.0. The largest absolute Gasteiger partial charge is 0.474 e. The van der Waals surface area contributed by atoms with Crippen molar-refractivity contribution in [1.82, 2.24) is 0 Å². The zero-order valence-electron chi connectivity index (χ0n) is 22.1. The first-order valence-corrected chi connectivity index (χ1v) is 15.2. The molecule has 3 saturated carbocycles. The highest BCUT2D eigenvalue weighted by Gasteiger charge is 2.58. The topological polar surface area (TPSA) is 44.8 Å². The minimum Gasteiger partial charge on any atom is -0.290 e. The summed E-state index contributed by atoms with van der Waals surface area (Å²) in [5.41, 5.74) is 2.39. The van der Waals surface area contributed by atoms with Gasteiger partial charge in [-0.1, -0.05) is 58.6 Å². The van der Waals surface area contributed by atoms with Gasteiger partial charge in [0.1, 0.15) is 0 Å². The van der Waals surface area contributed by atoms with E-state index in [1.807, 2.05) is 0 Å². The molecule has 0 heterocycles. The molecule has 7 atom stereocenters.